The van der Waals surface area contributed by atoms with Gasteiger partial charge in [-0.3, -0.25) is 4.79 Å². The fourth-order valence-corrected chi connectivity index (χ4v) is 3.07. The number of para-hydroxylation sites is 1. The highest BCUT2D eigenvalue weighted by Crippen LogP contribution is 2.16. The third-order valence-electron chi connectivity index (χ3n) is 3.19. The highest BCUT2D eigenvalue weighted by atomic mass is 32.2. The molecule has 8 heteroatoms. The van der Waals surface area contributed by atoms with Crippen molar-refractivity contribution in [3.05, 3.63) is 54.3 Å². The summed E-state index contributed by atoms with van der Waals surface area (Å²) in [5, 5.41) is 2.55. The van der Waals surface area contributed by atoms with Crippen LogP contribution in [0.4, 0.5) is 10.1 Å². The Labute approximate surface area is 146 Å². The summed E-state index contributed by atoms with van der Waals surface area (Å²) in [5.41, 5.74) is 0.413. The van der Waals surface area contributed by atoms with E-state index in [1.54, 1.807) is 6.07 Å². The Morgan fingerprint density at radius 1 is 1.12 bits per heavy atom. The van der Waals surface area contributed by atoms with Gasteiger partial charge < -0.3 is 10.1 Å². The van der Waals surface area contributed by atoms with E-state index in [1.165, 1.54) is 42.5 Å². The summed E-state index contributed by atoms with van der Waals surface area (Å²) in [6, 6.07) is 11.5. The van der Waals surface area contributed by atoms with E-state index < -0.39 is 21.7 Å². The summed E-state index contributed by atoms with van der Waals surface area (Å²) in [6.07, 6.45) is 0.690. The number of nitrogens with one attached hydrogen (secondary N) is 2. The topological polar surface area (TPSA) is 84.5 Å². The summed E-state index contributed by atoms with van der Waals surface area (Å²) in [4.78, 5) is 11.9. The molecule has 0 unspecified atom stereocenters. The Hall–Kier alpha value is -2.45. The van der Waals surface area contributed by atoms with Crippen molar-refractivity contribution in [3.63, 3.8) is 0 Å². The van der Waals surface area contributed by atoms with Gasteiger partial charge in [0.15, 0.2) is 18.2 Å². The zero-order chi connectivity index (χ0) is 18.3. The van der Waals surface area contributed by atoms with Crippen molar-refractivity contribution in [2.45, 2.75) is 18.2 Å². The average molecular weight is 366 g/mol. The lowest BCUT2D eigenvalue weighted by Crippen LogP contribution is -2.24. The first-order valence-electron chi connectivity index (χ1n) is 7.69. The zero-order valence-corrected chi connectivity index (χ0v) is 14.5. The fourth-order valence-electron chi connectivity index (χ4n) is 1.94. The Bertz CT molecular complexity index is 823. The minimum atomic E-state index is -3.55. The number of hydrogen-bond donors (Lipinski definition) is 2. The first-order chi connectivity index (χ1) is 11.9. The van der Waals surface area contributed by atoms with E-state index in [1.807, 2.05) is 6.92 Å². The van der Waals surface area contributed by atoms with Crippen LogP contribution < -0.4 is 14.8 Å². The highest BCUT2D eigenvalue weighted by Gasteiger charge is 2.13. The number of rotatable bonds is 8. The Morgan fingerprint density at radius 2 is 1.80 bits per heavy atom. The number of hydrogen-bond acceptors (Lipinski definition) is 4. The van der Waals surface area contributed by atoms with Gasteiger partial charge in [0.2, 0.25) is 10.0 Å². The molecule has 0 radical (unpaired) electrons. The van der Waals surface area contributed by atoms with Crippen molar-refractivity contribution < 1.29 is 22.3 Å². The monoisotopic (exact) mass is 366 g/mol. The highest BCUT2D eigenvalue weighted by molar-refractivity contribution is 7.89. The predicted molar refractivity (Wildman–Crippen MR) is 92.4 cm³/mol. The van der Waals surface area contributed by atoms with Gasteiger partial charge in [-0.25, -0.2) is 17.5 Å². The van der Waals surface area contributed by atoms with E-state index in [0.717, 1.165) is 0 Å². The number of amides is 1. The van der Waals surface area contributed by atoms with Crippen LogP contribution in [0.5, 0.6) is 5.75 Å². The Morgan fingerprint density at radius 3 is 2.44 bits per heavy atom. The molecular formula is C17H19FN2O4S. The predicted octanol–water partition coefficient (Wildman–Crippen LogP) is 2.53. The quantitative estimate of drug-likeness (QED) is 0.752. The summed E-state index contributed by atoms with van der Waals surface area (Å²) in [5.74, 6) is -1.05. The molecular weight excluding hydrogens is 347 g/mol. The van der Waals surface area contributed by atoms with Crippen LogP contribution in [-0.2, 0) is 14.8 Å². The van der Waals surface area contributed by atoms with Crippen LogP contribution in [0.25, 0.3) is 0 Å². The van der Waals surface area contributed by atoms with E-state index >= 15 is 0 Å². The smallest absolute Gasteiger partial charge is 0.262 e. The largest absolute Gasteiger partial charge is 0.481 e. The van der Waals surface area contributed by atoms with Crippen LogP contribution in [-0.4, -0.2) is 27.5 Å². The fraction of sp³-hybridized carbons (Fsp3) is 0.235. The average Bonchev–Trinajstić information content (AvgIpc) is 2.60. The molecule has 0 heterocycles. The number of carbonyl (C=O) groups is 1. The van der Waals surface area contributed by atoms with Gasteiger partial charge in [0, 0.05) is 12.2 Å². The summed E-state index contributed by atoms with van der Waals surface area (Å²) in [7, 11) is -3.55. The van der Waals surface area contributed by atoms with Gasteiger partial charge in [0.1, 0.15) is 0 Å². The second-order valence-electron chi connectivity index (χ2n) is 5.19. The van der Waals surface area contributed by atoms with Crippen LogP contribution in [0.1, 0.15) is 13.3 Å². The molecule has 0 bridgehead atoms. The normalized spacial score (nSPS) is 11.1. The molecule has 2 aromatic carbocycles. The number of halogens is 1. The van der Waals surface area contributed by atoms with Gasteiger partial charge in [0.05, 0.1) is 4.90 Å². The third kappa shape index (κ3) is 5.54. The van der Waals surface area contributed by atoms with Gasteiger partial charge in [-0.05, 0) is 42.8 Å². The molecule has 0 atom stereocenters. The van der Waals surface area contributed by atoms with Gasteiger partial charge in [-0.1, -0.05) is 19.1 Å². The van der Waals surface area contributed by atoms with Crippen molar-refractivity contribution >= 4 is 21.6 Å². The molecule has 0 saturated carbocycles. The molecule has 134 valence electrons. The van der Waals surface area contributed by atoms with Crippen LogP contribution in [0.15, 0.2) is 53.4 Å². The number of sulfonamides is 1. The molecule has 1 amide bonds. The van der Waals surface area contributed by atoms with Crippen LogP contribution in [0.3, 0.4) is 0 Å². The molecule has 0 aliphatic rings. The molecule has 25 heavy (non-hydrogen) atoms. The first-order valence-corrected chi connectivity index (χ1v) is 9.17. The summed E-state index contributed by atoms with van der Waals surface area (Å²) in [6.45, 7) is 1.86. The maximum Gasteiger partial charge on any atom is 0.262 e. The van der Waals surface area contributed by atoms with Crippen molar-refractivity contribution in [1.82, 2.24) is 4.72 Å². The van der Waals surface area contributed by atoms with Crippen molar-refractivity contribution in [2.75, 3.05) is 18.5 Å². The van der Waals surface area contributed by atoms with Gasteiger partial charge in [0.25, 0.3) is 5.91 Å². The van der Waals surface area contributed by atoms with Crippen molar-refractivity contribution in [3.8, 4) is 5.75 Å². The maximum absolute atomic E-state index is 13.4. The standard InChI is InChI=1S/C17H19FN2O4S/c1-2-11-19-25(22,23)14-9-7-13(8-10-14)20-17(21)12-24-16-6-4-3-5-15(16)18/h3-10,19H,2,11-12H2,1H3,(H,20,21). The van der Waals surface area contributed by atoms with Crippen LogP contribution in [0.2, 0.25) is 0 Å². The minimum Gasteiger partial charge on any atom is -0.481 e. The molecule has 0 spiro atoms. The Balaban J connectivity index is 1.92. The second-order valence-corrected chi connectivity index (χ2v) is 6.96. The first kappa shape index (κ1) is 18.9. The van der Waals surface area contributed by atoms with E-state index in [-0.39, 0.29) is 17.3 Å². The summed E-state index contributed by atoms with van der Waals surface area (Å²) < 4.78 is 44.9. The molecule has 0 fully saturated rings. The molecule has 6 nitrogen and oxygen atoms in total. The lowest BCUT2D eigenvalue weighted by atomic mass is 10.3. The molecule has 0 aliphatic carbocycles. The molecule has 0 saturated heterocycles. The zero-order valence-electron chi connectivity index (χ0n) is 13.7. The lowest BCUT2D eigenvalue weighted by Gasteiger charge is -2.09. The van der Waals surface area contributed by atoms with Crippen LogP contribution in [0, 0.1) is 5.82 Å². The maximum atomic E-state index is 13.4. The second kappa shape index (κ2) is 8.59. The van der Waals surface area contributed by atoms with Gasteiger partial charge in [-0.2, -0.15) is 0 Å². The Kier molecular flexibility index (Phi) is 6.49. The SMILES string of the molecule is CCCNS(=O)(=O)c1ccc(NC(=O)COc2ccccc2F)cc1. The molecule has 0 aliphatic heterocycles. The molecule has 2 N–H and O–H groups in total. The van der Waals surface area contributed by atoms with Crippen molar-refractivity contribution in [2.24, 2.45) is 0 Å². The van der Waals surface area contributed by atoms with Gasteiger partial charge in [-0.15, -0.1) is 0 Å². The molecule has 2 rings (SSSR count). The summed E-state index contributed by atoms with van der Waals surface area (Å²) >= 11 is 0. The van der Waals surface area contributed by atoms with E-state index in [9.17, 15) is 17.6 Å². The molecule has 0 aromatic heterocycles. The van der Waals surface area contributed by atoms with Crippen molar-refractivity contribution in [1.29, 1.82) is 0 Å². The number of ether oxygens (including phenoxy) is 1. The number of carbonyl (C=O) groups excluding carboxylic acids is 1. The number of benzene rings is 2. The van der Waals surface area contributed by atoms with E-state index in [4.69, 9.17) is 4.74 Å². The lowest BCUT2D eigenvalue weighted by molar-refractivity contribution is -0.118. The van der Waals surface area contributed by atoms with Crippen LogP contribution >= 0.6 is 0 Å². The van der Waals surface area contributed by atoms with E-state index in [2.05, 4.69) is 10.0 Å². The van der Waals surface area contributed by atoms with E-state index in [0.29, 0.717) is 18.7 Å². The third-order valence-corrected chi connectivity index (χ3v) is 4.66. The van der Waals surface area contributed by atoms with Gasteiger partial charge >= 0.3 is 0 Å². The number of anilines is 1. The molecule has 2 aromatic rings. The minimum absolute atomic E-state index is 0.0129.